The SMILES string of the molecule is NCCCCC(NC(=O)C(CCCCN)NC(=O)C(CCC(=O)O)NC(=O)C(N)Cc1cnc[nH]1)C(=O)O. The van der Waals surface area contributed by atoms with Gasteiger partial charge >= 0.3 is 11.9 Å². The van der Waals surface area contributed by atoms with E-state index in [1.54, 1.807) is 0 Å². The molecule has 38 heavy (non-hydrogen) atoms. The van der Waals surface area contributed by atoms with Crippen LogP contribution in [0.15, 0.2) is 12.5 Å². The number of aromatic nitrogens is 2. The van der Waals surface area contributed by atoms with Gasteiger partial charge in [0.25, 0.3) is 0 Å². The molecule has 0 aromatic carbocycles. The molecule has 1 aromatic heterocycles. The average Bonchev–Trinajstić information content (AvgIpc) is 3.37. The van der Waals surface area contributed by atoms with Crippen LogP contribution < -0.4 is 33.2 Å². The maximum atomic E-state index is 13.1. The van der Waals surface area contributed by atoms with Crippen LogP contribution in [0.25, 0.3) is 0 Å². The zero-order valence-corrected chi connectivity index (χ0v) is 21.4. The summed E-state index contributed by atoms with van der Waals surface area (Å²) in [4.78, 5) is 68.1. The fraction of sp³-hybridized carbons (Fsp3) is 0.652. The molecule has 0 bridgehead atoms. The van der Waals surface area contributed by atoms with E-state index in [2.05, 4.69) is 25.9 Å². The molecular formula is C23H40N8O7. The van der Waals surface area contributed by atoms with Crippen molar-refractivity contribution in [2.45, 2.75) is 82.0 Å². The molecule has 0 saturated carbocycles. The number of aliphatic carboxylic acids is 2. The minimum atomic E-state index is -1.30. The van der Waals surface area contributed by atoms with Gasteiger partial charge in [-0.2, -0.15) is 0 Å². The lowest BCUT2D eigenvalue weighted by molar-refractivity contribution is -0.142. The number of aromatic amines is 1. The molecule has 214 valence electrons. The Hall–Kier alpha value is -3.56. The third-order valence-electron chi connectivity index (χ3n) is 5.75. The van der Waals surface area contributed by atoms with Crippen LogP contribution >= 0.6 is 0 Å². The van der Waals surface area contributed by atoms with E-state index in [-0.39, 0.29) is 25.7 Å². The molecule has 12 N–H and O–H groups in total. The number of rotatable bonds is 20. The van der Waals surface area contributed by atoms with Gasteiger partial charge in [0, 0.05) is 24.7 Å². The van der Waals surface area contributed by atoms with Gasteiger partial charge < -0.3 is 48.3 Å². The molecule has 15 heteroatoms. The van der Waals surface area contributed by atoms with Crippen LogP contribution in [0.5, 0.6) is 0 Å². The van der Waals surface area contributed by atoms with Gasteiger partial charge in [0.15, 0.2) is 0 Å². The van der Waals surface area contributed by atoms with Gasteiger partial charge in [-0.15, -0.1) is 0 Å². The van der Waals surface area contributed by atoms with Crippen molar-refractivity contribution in [2.75, 3.05) is 13.1 Å². The minimum Gasteiger partial charge on any atom is -0.481 e. The first kappa shape index (κ1) is 32.5. The molecule has 0 aliphatic heterocycles. The van der Waals surface area contributed by atoms with Crippen molar-refractivity contribution in [1.29, 1.82) is 0 Å². The van der Waals surface area contributed by atoms with Gasteiger partial charge in [-0.1, -0.05) is 0 Å². The number of carboxylic acid groups (broad SMARTS) is 2. The topological polar surface area (TPSA) is 269 Å². The van der Waals surface area contributed by atoms with Crippen molar-refractivity contribution >= 4 is 29.7 Å². The molecule has 0 aliphatic carbocycles. The Morgan fingerprint density at radius 3 is 1.84 bits per heavy atom. The second-order valence-corrected chi connectivity index (χ2v) is 8.91. The summed E-state index contributed by atoms with van der Waals surface area (Å²) in [5, 5.41) is 26.0. The van der Waals surface area contributed by atoms with E-state index in [1.807, 2.05) is 0 Å². The second kappa shape index (κ2) is 17.8. The molecule has 1 rings (SSSR count). The van der Waals surface area contributed by atoms with E-state index in [0.29, 0.717) is 44.5 Å². The first-order valence-electron chi connectivity index (χ1n) is 12.6. The Labute approximate surface area is 220 Å². The summed E-state index contributed by atoms with van der Waals surface area (Å²) in [6.07, 6.45) is 4.74. The maximum absolute atomic E-state index is 13.1. The number of amides is 3. The molecule has 4 unspecified atom stereocenters. The number of unbranched alkanes of at least 4 members (excludes halogenated alkanes) is 2. The normalized spacial score (nSPS) is 14.1. The highest BCUT2D eigenvalue weighted by molar-refractivity contribution is 5.94. The third kappa shape index (κ3) is 12.6. The van der Waals surface area contributed by atoms with Crippen LogP contribution in [0, 0.1) is 0 Å². The predicted molar refractivity (Wildman–Crippen MR) is 136 cm³/mol. The van der Waals surface area contributed by atoms with Crippen LogP contribution in [-0.2, 0) is 30.4 Å². The van der Waals surface area contributed by atoms with Crippen molar-refractivity contribution in [3.05, 3.63) is 18.2 Å². The smallest absolute Gasteiger partial charge is 0.326 e. The Bertz CT molecular complexity index is 896. The van der Waals surface area contributed by atoms with Gasteiger partial charge in [0.05, 0.1) is 12.4 Å². The fourth-order valence-electron chi connectivity index (χ4n) is 3.60. The second-order valence-electron chi connectivity index (χ2n) is 8.91. The molecule has 1 heterocycles. The summed E-state index contributed by atoms with van der Waals surface area (Å²) in [7, 11) is 0. The molecular weight excluding hydrogens is 500 g/mol. The average molecular weight is 541 g/mol. The minimum absolute atomic E-state index is 0.101. The highest BCUT2D eigenvalue weighted by Gasteiger charge is 2.30. The van der Waals surface area contributed by atoms with E-state index in [0.717, 1.165) is 0 Å². The summed E-state index contributed by atoms with van der Waals surface area (Å²) in [6, 6.07) is -4.65. The molecule has 0 aliphatic rings. The largest absolute Gasteiger partial charge is 0.481 e. The Morgan fingerprint density at radius 2 is 1.34 bits per heavy atom. The number of nitrogens with zero attached hydrogens (tertiary/aromatic N) is 1. The zero-order chi connectivity index (χ0) is 28.5. The lowest BCUT2D eigenvalue weighted by Crippen LogP contribution is -2.57. The Morgan fingerprint density at radius 1 is 0.816 bits per heavy atom. The number of imidazole rings is 1. The molecule has 0 radical (unpaired) electrons. The molecule has 0 saturated heterocycles. The van der Waals surface area contributed by atoms with Crippen LogP contribution in [0.1, 0.15) is 57.1 Å². The number of carboxylic acids is 2. The lowest BCUT2D eigenvalue weighted by atomic mass is 10.0. The maximum Gasteiger partial charge on any atom is 0.326 e. The van der Waals surface area contributed by atoms with Crippen molar-refractivity contribution < 1.29 is 34.2 Å². The van der Waals surface area contributed by atoms with Gasteiger partial charge in [-0.05, 0) is 58.0 Å². The monoisotopic (exact) mass is 540 g/mol. The standard InChI is InChI=1S/C23H40N8O7/c24-9-3-1-5-16(21(35)31-18(23(37)38)6-2-4-10-25)30-22(36)17(7-8-19(32)33)29-20(34)15(26)11-14-12-27-13-28-14/h12-13,15-18H,1-11,24-26H2,(H,27,28)(H,29,34)(H,30,36)(H,31,35)(H,32,33)(H,37,38). The van der Waals surface area contributed by atoms with Crippen molar-refractivity contribution in [1.82, 2.24) is 25.9 Å². The van der Waals surface area contributed by atoms with Crippen LogP contribution in [0.4, 0.5) is 0 Å². The number of nitrogens with one attached hydrogen (secondary N) is 4. The number of hydrogen-bond acceptors (Lipinski definition) is 9. The molecule has 3 amide bonds. The summed E-state index contributed by atoms with van der Waals surface area (Å²) in [6.45, 7) is 0.734. The van der Waals surface area contributed by atoms with E-state index < -0.39 is 60.2 Å². The number of H-pyrrole nitrogens is 1. The lowest BCUT2D eigenvalue weighted by Gasteiger charge is -2.25. The molecule has 0 fully saturated rings. The van der Waals surface area contributed by atoms with Gasteiger partial charge in [-0.25, -0.2) is 9.78 Å². The van der Waals surface area contributed by atoms with Crippen LogP contribution in [-0.4, -0.2) is 87.1 Å². The third-order valence-corrected chi connectivity index (χ3v) is 5.75. The van der Waals surface area contributed by atoms with Crippen molar-refractivity contribution in [2.24, 2.45) is 17.2 Å². The zero-order valence-electron chi connectivity index (χ0n) is 21.4. The first-order valence-corrected chi connectivity index (χ1v) is 12.6. The summed E-state index contributed by atoms with van der Waals surface area (Å²) >= 11 is 0. The molecule has 15 nitrogen and oxygen atoms in total. The van der Waals surface area contributed by atoms with Crippen LogP contribution in [0.3, 0.4) is 0 Å². The van der Waals surface area contributed by atoms with Gasteiger partial charge in [0.2, 0.25) is 17.7 Å². The summed E-state index contributed by atoms with van der Waals surface area (Å²) < 4.78 is 0. The Kier molecular flexibility index (Phi) is 15.2. The van der Waals surface area contributed by atoms with E-state index >= 15 is 0 Å². The molecule has 4 atom stereocenters. The highest BCUT2D eigenvalue weighted by Crippen LogP contribution is 2.07. The van der Waals surface area contributed by atoms with Crippen LogP contribution in [0.2, 0.25) is 0 Å². The predicted octanol–water partition coefficient (Wildman–Crippen LogP) is -2.06. The number of carbonyl (C=O) groups excluding carboxylic acids is 3. The van der Waals surface area contributed by atoms with E-state index in [9.17, 15) is 29.1 Å². The van der Waals surface area contributed by atoms with Crippen molar-refractivity contribution in [3.8, 4) is 0 Å². The highest BCUT2D eigenvalue weighted by atomic mass is 16.4. The van der Waals surface area contributed by atoms with E-state index in [4.69, 9.17) is 22.3 Å². The Balaban J connectivity index is 2.96. The number of nitrogens with two attached hydrogens (primary N) is 3. The van der Waals surface area contributed by atoms with Crippen molar-refractivity contribution in [3.63, 3.8) is 0 Å². The van der Waals surface area contributed by atoms with E-state index in [1.165, 1.54) is 12.5 Å². The van der Waals surface area contributed by atoms with Gasteiger partial charge in [-0.3, -0.25) is 19.2 Å². The summed E-state index contributed by atoms with van der Waals surface area (Å²) in [5.74, 6) is -4.61. The molecule has 0 spiro atoms. The summed E-state index contributed by atoms with van der Waals surface area (Å²) in [5.41, 5.74) is 17.5. The molecule has 1 aromatic rings. The number of carbonyl (C=O) groups is 5. The first-order chi connectivity index (χ1) is 18.1. The quantitative estimate of drug-likeness (QED) is 0.0811. The fourth-order valence-corrected chi connectivity index (χ4v) is 3.60. The number of hydrogen-bond donors (Lipinski definition) is 9. The van der Waals surface area contributed by atoms with Gasteiger partial charge in [0.1, 0.15) is 18.1 Å².